The van der Waals surface area contributed by atoms with Gasteiger partial charge in [0.1, 0.15) is 0 Å². The Hall–Kier alpha value is 0.986. The summed E-state index contributed by atoms with van der Waals surface area (Å²) in [4.78, 5) is 18.2. The molecule has 1 N–H and O–H groups in total. The zero-order valence-electron chi connectivity index (χ0n) is 10.2. The van der Waals surface area contributed by atoms with Crippen LogP contribution in [0.4, 0.5) is 0 Å². The summed E-state index contributed by atoms with van der Waals surface area (Å²) in [7, 11) is 3.41. The minimum absolute atomic E-state index is 0. The molecular weight excluding hydrogens is 209 g/mol. The molecule has 0 amide bonds. The molecule has 0 bridgehead atoms. The standard InChI is InChI=1S/C8H17N3O2.K.H/c1-10(2)13-8(12)7-11-5-3-9-4-6-11;;/h9H,3-7H2,1-2H3;;/q;+1;-1. The normalized spacial score (nSPS) is 17.6. The number of hydrogen-bond donors (Lipinski definition) is 1. The van der Waals surface area contributed by atoms with E-state index in [0.717, 1.165) is 26.2 Å². The average Bonchev–Trinajstić information content (AvgIpc) is 2.04. The van der Waals surface area contributed by atoms with Gasteiger partial charge in [0.25, 0.3) is 0 Å². The van der Waals surface area contributed by atoms with Crippen molar-refractivity contribution in [3.05, 3.63) is 0 Å². The van der Waals surface area contributed by atoms with Crippen LogP contribution in [-0.2, 0) is 9.63 Å². The van der Waals surface area contributed by atoms with Gasteiger partial charge in [-0.25, -0.2) is 4.79 Å². The Morgan fingerprint density at radius 2 is 2.07 bits per heavy atom. The first kappa shape index (κ1) is 15.0. The van der Waals surface area contributed by atoms with Gasteiger partial charge < -0.3 is 11.6 Å². The quantitative estimate of drug-likeness (QED) is 0.394. The van der Waals surface area contributed by atoms with Crippen molar-refractivity contribution in [2.45, 2.75) is 0 Å². The molecule has 0 radical (unpaired) electrons. The van der Waals surface area contributed by atoms with E-state index in [9.17, 15) is 4.79 Å². The molecule has 0 aromatic carbocycles. The first-order valence-electron chi connectivity index (χ1n) is 4.49. The molecule has 14 heavy (non-hydrogen) atoms. The average molecular weight is 227 g/mol. The maximum atomic E-state index is 11.2. The number of rotatable bonds is 3. The number of nitrogens with one attached hydrogen (secondary N) is 1. The molecule has 0 unspecified atom stereocenters. The van der Waals surface area contributed by atoms with Crippen molar-refractivity contribution in [1.82, 2.24) is 15.3 Å². The number of carbonyl (C=O) groups is 1. The van der Waals surface area contributed by atoms with E-state index in [1.54, 1.807) is 14.1 Å². The van der Waals surface area contributed by atoms with Gasteiger partial charge in [-0.2, -0.15) is 0 Å². The minimum Gasteiger partial charge on any atom is -1.00 e. The molecule has 1 saturated heterocycles. The van der Waals surface area contributed by atoms with Gasteiger partial charge in [0.05, 0.1) is 6.54 Å². The summed E-state index contributed by atoms with van der Waals surface area (Å²) in [6, 6.07) is 0. The number of hydroxylamine groups is 2. The third-order valence-corrected chi connectivity index (χ3v) is 1.85. The van der Waals surface area contributed by atoms with Crippen molar-refractivity contribution in [3.8, 4) is 0 Å². The van der Waals surface area contributed by atoms with E-state index < -0.39 is 0 Å². The zero-order chi connectivity index (χ0) is 9.68. The Kier molecular flexibility index (Phi) is 8.75. The SMILES string of the molecule is CN(C)OC(=O)CN1CCNCC1.[H-].[K+]. The van der Waals surface area contributed by atoms with E-state index >= 15 is 0 Å². The topological polar surface area (TPSA) is 44.8 Å². The van der Waals surface area contributed by atoms with Crippen molar-refractivity contribution < 1.29 is 62.4 Å². The third-order valence-electron chi connectivity index (χ3n) is 1.85. The summed E-state index contributed by atoms with van der Waals surface area (Å²) in [6.45, 7) is 4.13. The van der Waals surface area contributed by atoms with Crippen LogP contribution in [0, 0.1) is 0 Å². The monoisotopic (exact) mass is 227 g/mol. The first-order chi connectivity index (χ1) is 6.18. The van der Waals surface area contributed by atoms with Crippen molar-refractivity contribution in [3.63, 3.8) is 0 Å². The van der Waals surface area contributed by atoms with Gasteiger partial charge in [-0.1, -0.05) is 0 Å². The molecular formula is C8H18KN3O2. The van der Waals surface area contributed by atoms with Crippen LogP contribution in [0.3, 0.4) is 0 Å². The molecule has 0 aromatic rings. The van der Waals surface area contributed by atoms with Crippen LogP contribution in [0.1, 0.15) is 1.43 Å². The van der Waals surface area contributed by atoms with Crippen LogP contribution in [0.15, 0.2) is 0 Å². The second-order valence-corrected chi connectivity index (χ2v) is 3.30. The number of carbonyl (C=O) groups excluding carboxylic acids is 1. The third kappa shape index (κ3) is 6.47. The molecule has 5 nitrogen and oxygen atoms in total. The largest absolute Gasteiger partial charge is 1.00 e. The van der Waals surface area contributed by atoms with Crippen molar-refractivity contribution in [2.24, 2.45) is 0 Å². The van der Waals surface area contributed by atoms with Crippen LogP contribution in [-0.4, -0.2) is 62.8 Å². The first-order valence-corrected chi connectivity index (χ1v) is 4.49. The van der Waals surface area contributed by atoms with Gasteiger partial charge in [-0.05, 0) is 0 Å². The van der Waals surface area contributed by atoms with Gasteiger partial charge in [0.2, 0.25) is 0 Å². The number of piperazine rings is 1. The molecule has 0 spiro atoms. The molecule has 1 aliphatic rings. The molecule has 1 heterocycles. The molecule has 0 atom stereocenters. The van der Waals surface area contributed by atoms with Crippen LogP contribution in [0.25, 0.3) is 0 Å². The van der Waals surface area contributed by atoms with E-state index in [-0.39, 0.29) is 58.8 Å². The van der Waals surface area contributed by atoms with E-state index in [1.165, 1.54) is 5.06 Å². The van der Waals surface area contributed by atoms with Crippen LogP contribution in [0.2, 0.25) is 0 Å². The predicted molar refractivity (Wildman–Crippen MR) is 50.2 cm³/mol. The van der Waals surface area contributed by atoms with E-state index in [2.05, 4.69) is 10.2 Å². The van der Waals surface area contributed by atoms with Crippen molar-refractivity contribution in [2.75, 3.05) is 46.8 Å². The molecule has 0 aliphatic carbocycles. The Labute approximate surface area is 129 Å². The second kappa shape index (κ2) is 8.17. The minimum atomic E-state index is -0.188. The van der Waals surface area contributed by atoms with Gasteiger partial charge in [0.15, 0.2) is 0 Å². The van der Waals surface area contributed by atoms with E-state index in [4.69, 9.17) is 4.84 Å². The Bertz CT molecular complexity index is 177. The smallest absolute Gasteiger partial charge is 1.00 e. The summed E-state index contributed by atoms with van der Waals surface area (Å²) in [5.74, 6) is -0.188. The molecule has 1 aliphatic heterocycles. The predicted octanol–water partition coefficient (Wildman–Crippen LogP) is -3.97. The molecule has 0 saturated carbocycles. The molecule has 78 valence electrons. The summed E-state index contributed by atoms with van der Waals surface area (Å²) in [6.07, 6.45) is 0. The van der Waals surface area contributed by atoms with Crippen molar-refractivity contribution >= 4 is 5.97 Å². The molecule has 1 fully saturated rings. The maximum absolute atomic E-state index is 11.2. The summed E-state index contributed by atoms with van der Waals surface area (Å²) < 4.78 is 0. The van der Waals surface area contributed by atoms with Crippen LogP contribution >= 0.6 is 0 Å². The van der Waals surface area contributed by atoms with Gasteiger partial charge in [-0.3, -0.25) is 4.90 Å². The van der Waals surface area contributed by atoms with Gasteiger partial charge >= 0.3 is 57.4 Å². The summed E-state index contributed by atoms with van der Waals surface area (Å²) in [5.41, 5.74) is 0. The fourth-order valence-corrected chi connectivity index (χ4v) is 1.28. The molecule has 6 heteroatoms. The number of hydrogen-bond acceptors (Lipinski definition) is 5. The maximum Gasteiger partial charge on any atom is 1.00 e. The van der Waals surface area contributed by atoms with E-state index in [0.29, 0.717) is 6.54 Å². The van der Waals surface area contributed by atoms with Gasteiger partial charge in [0, 0.05) is 40.3 Å². The summed E-state index contributed by atoms with van der Waals surface area (Å²) in [5, 5.41) is 4.65. The fourth-order valence-electron chi connectivity index (χ4n) is 1.28. The van der Waals surface area contributed by atoms with E-state index in [1.807, 2.05) is 0 Å². The van der Waals surface area contributed by atoms with Crippen LogP contribution < -0.4 is 56.7 Å². The number of nitrogens with zero attached hydrogens (tertiary/aromatic N) is 2. The van der Waals surface area contributed by atoms with Gasteiger partial charge in [-0.15, -0.1) is 5.06 Å². The molecule has 1 rings (SSSR count). The van der Waals surface area contributed by atoms with Crippen LogP contribution in [0.5, 0.6) is 0 Å². The Morgan fingerprint density at radius 1 is 1.50 bits per heavy atom. The van der Waals surface area contributed by atoms with Crippen molar-refractivity contribution in [1.29, 1.82) is 0 Å². The zero-order valence-corrected chi connectivity index (χ0v) is 12.4. The Morgan fingerprint density at radius 3 is 2.57 bits per heavy atom. The molecule has 0 aromatic heterocycles. The second-order valence-electron chi connectivity index (χ2n) is 3.30. The fraction of sp³-hybridized carbons (Fsp3) is 0.875. The summed E-state index contributed by atoms with van der Waals surface area (Å²) >= 11 is 0. The Balaban J connectivity index is 0.